The van der Waals surface area contributed by atoms with E-state index >= 15 is 0 Å². The molecular weight excluding hydrogens is 393 g/mol. The summed E-state index contributed by atoms with van der Waals surface area (Å²) in [6.07, 6.45) is 1.70. The van der Waals surface area contributed by atoms with Crippen molar-refractivity contribution in [1.82, 2.24) is 10.0 Å². The third-order valence-corrected chi connectivity index (χ3v) is 5.92. The molecule has 11 heteroatoms. The molecule has 1 heterocycles. The Hall–Kier alpha value is -0.970. The van der Waals surface area contributed by atoms with E-state index in [1.807, 2.05) is 0 Å². The SMILES string of the molecule is COCC1(CNS(=O)(=O)c2cc(Cl)c(C)c([N+](=O)[O-])c2)CCCN1.Cl. The molecule has 1 aromatic carbocycles. The average Bonchev–Trinajstić information content (AvgIpc) is 2.97. The summed E-state index contributed by atoms with van der Waals surface area (Å²) in [5.41, 5.74) is -0.565. The van der Waals surface area contributed by atoms with Crippen molar-refractivity contribution in [3.05, 3.63) is 32.8 Å². The first-order valence-corrected chi connectivity index (χ1v) is 9.25. The summed E-state index contributed by atoms with van der Waals surface area (Å²) >= 11 is 5.94. The van der Waals surface area contributed by atoms with E-state index in [2.05, 4.69) is 10.0 Å². The van der Waals surface area contributed by atoms with Crippen LogP contribution in [0.3, 0.4) is 0 Å². The number of halogens is 2. The van der Waals surface area contributed by atoms with Crippen LogP contribution in [0.1, 0.15) is 18.4 Å². The monoisotopic (exact) mass is 413 g/mol. The second-order valence-corrected chi connectivity index (χ2v) is 8.05. The zero-order chi connectivity index (χ0) is 18.0. The Morgan fingerprint density at radius 3 is 2.68 bits per heavy atom. The fraction of sp³-hybridized carbons (Fsp3) is 0.571. The number of benzene rings is 1. The first-order chi connectivity index (χ1) is 11.2. The summed E-state index contributed by atoms with van der Waals surface area (Å²) in [5, 5.41) is 14.4. The minimum absolute atomic E-state index is 0. The number of sulfonamides is 1. The summed E-state index contributed by atoms with van der Waals surface area (Å²) in [4.78, 5) is 10.2. The molecule has 1 aliphatic rings. The molecule has 1 unspecified atom stereocenters. The molecule has 1 aromatic rings. The summed E-state index contributed by atoms with van der Waals surface area (Å²) in [7, 11) is -2.38. The smallest absolute Gasteiger partial charge is 0.275 e. The van der Waals surface area contributed by atoms with Crippen LogP contribution in [0.25, 0.3) is 0 Å². The molecule has 0 amide bonds. The Morgan fingerprint density at radius 1 is 1.48 bits per heavy atom. The molecule has 142 valence electrons. The average molecular weight is 414 g/mol. The van der Waals surface area contributed by atoms with Crippen LogP contribution < -0.4 is 10.0 Å². The molecule has 1 atom stereocenters. The van der Waals surface area contributed by atoms with Crippen LogP contribution >= 0.6 is 24.0 Å². The number of ether oxygens (including phenoxy) is 1. The zero-order valence-corrected chi connectivity index (χ0v) is 16.3. The van der Waals surface area contributed by atoms with E-state index in [4.69, 9.17) is 16.3 Å². The second kappa shape index (κ2) is 8.61. The second-order valence-electron chi connectivity index (χ2n) is 5.87. The van der Waals surface area contributed by atoms with Gasteiger partial charge in [0, 0.05) is 25.3 Å². The predicted octanol–water partition coefficient (Wildman–Crippen LogP) is 2.03. The Balaban J connectivity index is 0.00000312. The Labute approximate surface area is 157 Å². The topological polar surface area (TPSA) is 111 Å². The van der Waals surface area contributed by atoms with Gasteiger partial charge in [0.2, 0.25) is 10.0 Å². The highest BCUT2D eigenvalue weighted by atomic mass is 35.5. The van der Waals surface area contributed by atoms with Gasteiger partial charge in [0.05, 0.1) is 27.0 Å². The Kier molecular flexibility index (Phi) is 7.60. The number of nitro benzene ring substituents is 1. The molecule has 0 spiro atoms. The number of nitro groups is 1. The lowest BCUT2D eigenvalue weighted by molar-refractivity contribution is -0.385. The largest absolute Gasteiger partial charge is 0.383 e. The van der Waals surface area contributed by atoms with Crippen LogP contribution in [0.15, 0.2) is 17.0 Å². The first kappa shape index (κ1) is 22.1. The number of nitrogens with one attached hydrogen (secondary N) is 2. The third kappa shape index (κ3) is 5.02. The fourth-order valence-corrected chi connectivity index (χ4v) is 4.22. The van der Waals surface area contributed by atoms with E-state index in [0.717, 1.165) is 25.5 Å². The van der Waals surface area contributed by atoms with Crippen molar-refractivity contribution in [2.24, 2.45) is 0 Å². The van der Waals surface area contributed by atoms with Gasteiger partial charge in [-0.3, -0.25) is 10.1 Å². The highest BCUT2D eigenvalue weighted by molar-refractivity contribution is 7.89. The molecule has 1 fully saturated rings. The van der Waals surface area contributed by atoms with E-state index in [9.17, 15) is 18.5 Å². The molecule has 8 nitrogen and oxygen atoms in total. The van der Waals surface area contributed by atoms with Gasteiger partial charge in [0.1, 0.15) is 0 Å². The summed E-state index contributed by atoms with van der Waals surface area (Å²) in [5.74, 6) is 0. The summed E-state index contributed by atoms with van der Waals surface area (Å²) in [6, 6.07) is 2.24. The van der Waals surface area contributed by atoms with Gasteiger partial charge < -0.3 is 10.1 Å². The number of nitrogens with zero attached hydrogens (tertiary/aromatic N) is 1. The van der Waals surface area contributed by atoms with E-state index in [0.29, 0.717) is 6.61 Å². The van der Waals surface area contributed by atoms with Crippen molar-refractivity contribution in [3.8, 4) is 0 Å². The number of methoxy groups -OCH3 is 1. The molecule has 0 radical (unpaired) electrons. The van der Waals surface area contributed by atoms with Crippen molar-refractivity contribution in [2.75, 3.05) is 26.8 Å². The van der Waals surface area contributed by atoms with Crippen LogP contribution in [-0.4, -0.2) is 45.7 Å². The number of rotatable bonds is 7. The molecule has 2 N–H and O–H groups in total. The molecule has 2 rings (SSSR count). The molecule has 0 aliphatic carbocycles. The van der Waals surface area contributed by atoms with Gasteiger partial charge in [-0.05, 0) is 32.4 Å². The standard InChI is InChI=1S/C14H20ClN3O5S.ClH/c1-10-12(15)6-11(7-13(10)18(19)20)24(21,22)17-8-14(9-23-2)4-3-5-16-14;/h6-7,16-17H,3-5,8-9H2,1-2H3;1H. The molecule has 25 heavy (non-hydrogen) atoms. The number of hydrogen-bond acceptors (Lipinski definition) is 6. The highest BCUT2D eigenvalue weighted by Gasteiger charge is 2.35. The van der Waals surface area contributed by atoms with Crippen molar-refractivity contribution >= 4 is 39.7 Å². The van der Waals surface area contributed by atoms with Gasteiger partial charge in [-0.2, -0.15) is 0 Å². The molecule has 1 saturated heterocycles. The zero-order valence-electron chi connectivity index (χ0n) is 13.9. The molecular formula is C14H21Cl2N3O5S. The first-order valence-electron chi connectivity index (χ1n) is 7.39. The summed E-state index contributed by atoms with van der Waals surface area (Å²) in [6.45, 7) is 2.75. The minimum atomic E-state index is -3.93. The van der Waals surface area contributed by atoms with Gasteiger partial charge in [-0.15, -0.1) is 12.4 Å². The lowest BCUT2D eigenvalue weighted by atomic mass is 9.99. The maximum absolute atomic E-state index is 12.5. The fourth-order valence-electron chi connectivity index (χ4n) is 2.77. The lowest BCUT2D eigenvalue weighted by Crippen LogP contribution is -2.52. The van der Waals surface area contributed by atoms with Crippen molar-refractivity contribution < 1.29 is 18.1 Å². The quantitative estimate of drug-likeness (QED) is 0.522. The van der Waals surface area contributed by atoms with Gasteiger partial charge in [-0.1, -0.05) is 11.6 Å². The van der Waals surface area contributed by atoms with Crippen molar-refractivity contribution in [3.63, 3.8) is 0 Å². The maximum atomic E-state index is 12.5. The molecule has 1 aliphatic heterocycles. The highest BCUT2D eigenvalue weighted by Crippen LogP contribution is 2.29. The van der Waals surface area contributed by atoms with Gasteiger partial charge in [0.15, 0.2) is 0 Å². The molecule has 0 aromatic heterocycles. The van der Waals surface area contributed by atoms with E-state index in [1.54, 1.807) is 7.11 Å². The van der Waals surface area contributed by atoms with Gasteiger partial charge in [0.25, 0.3) is 5.69 Å². The van der Waals surface area contributed by atoms with Crippen LogP contribution in [0.4, 0.5) is 5.69 Å². The van der Waals surface area contributed by atoms with Gasteiger partial charge >= 0.3 is 0 Å². The van der Waals surface area contributed by atoms with Crippen LogP contribution in [0, 0.1) is 17.0 Å². The van der Waals surface area contributed by atoms with Crippen LogP contribution in [0.5, 0.6) is 0 Å². The van der Waals surface area contributed by atoms with Crippen LogP contribution in [0.2, 0.25) is 5.02 Å². The summed E-state index contributed by atoms with van der Waals surface area (Å²) < 4.78 is 32.7. The molecule has 0 saturated carbocycles. The minimum Gasteiger partial charge on any atom is -0.383 e. The maximum Gasteiger partial charge on any atom is 0.275 e. The van der Waals surface area contributed by atoms with Gasteiger partial charge in [-0.25, -0.2) is 13.1 Å². The van der Waals surface area contributed by atoms with E-state index in [1.165, 1.54) is 13.0 Å². The van der Waals surface area contributed by atoms with Crippen molar-refractivity contribution in [1.29, 1.82) is 0 Å². The third-order valence-electron chi connectivity index (χ3n) is 4.15. The number of hydrogen-bond donors (Lipinski definition) is 2. The Morgan fingerprint density at radius 2 is 2.16 bits per heavy atom. The van der Waals surface area contributed by atoms with E-state index in [-0.39, 0.29) is 40.1 Å². The lowest BCUT2D eigenvalue weighted by Gasteiger charge is -2.28. The Bertz CT molecular complexity index is 736. The predicted molar refractivity (Wildman–Crippen MR) is 97.1 cm³/mol. The van der Waals surface area contributed by atoms with Crippen LogP contribution in [-0.2, 0) is 14.8 Å². The van der Waals surface area contributed by atoms with Crippen molar-refractivity contribution in [2.45, 2.75) is 30.2 Å². The van der Waals surface area contributed by atoms with E-state index < -0.39 is 20.5 Å². The molecule has 0 bridgehead atoms. The normalized spacial score (nSPS) is 20.3.